The Morgan fingerprint density at radius 1 is 1.30 bits per heavy atom. The Labute approximate surface area is 176 Å². The molecule has 0 bridgehead atoms. The van der Waals surface area contributed by atoms with Crippen molar-refractivity contribution in [3.8, 4) is 0 Å². The van der Waals surface area contributed by atoms with E-state index in [1.807, 2.05) is 6.92 Å². The molecule has 2 aliphatic heterocycles. The molecule has 2 aliphatic rings. The first-order chi connectivity index (χ1) is 14.3. The molecule has 2 heterocycles. The van der Waals surface area contributed by atoms with Crippen LogP contribution in [0.1, 0.15) is 19.8 Å². The molecular formula is C20H27N3O6S. The third-order valence-electron chi connectivity index (χ3n) is 5.33. The van der Waals surface area contributed by atoms with Crippen molar-refractivity contribution in [3.63, 3.8) is 0 Å². The van der Waals surface area contributed by atoms with E-state index in [0.29, 0.717) is 24.7 Å². The van der Waals surface area contributed by atoms with Gasteiger partial charge in [-0.25, -0.2) is 13.2 Å². The third-order valence-corrected chi connectivity index (χ3v) is 7.21. The number of anilines is 1. The molecule has 1 saturated heterocycles. The third kappa shape index (κ3) is 4.50. The van der Waals surface area contributed by atoms with Crippen LogP contribution in [0.5, 0.6) is 0 Å². The van der Waals surface area contributed by atoms with Crippen molar-refractivity contribution >= 4 is 27.6 Å². The fourth-order valence-electron chi connectivity index (χ4n) is 3.72. The Morgan fingerprint density at radius 3 is 2.60 bits per heavy atom. The number of carbonyl (C=O) groups is 2. The molecular weight excluding hydrogens is 410 g/mol. The minimum atomic E-state index is -3.58. The van der Waals surface area contributed by atoms with Gasteiger partial charge in [-0.2, -0.15) is 4.31 Å². The van der Waals surface area contributed by atoms with E-state index in [1.54, 1.807) is 12.1 Å². The summed E-state index contributed by atoms with van der Waals surface area (Å²) in [5, 5.41) is 12.0. The number of benzene rings is 1. The van der Waals surface area contributed by atoms with E-state index >= 15 is 0 Å². The smallest absolute Gasteiger partial charge is 0.337 e. The second-order valence-corrected chi connectivity index (χ2v) is 9.49. The number of carbonyl (C=O) groups excluding carboxylic acids is 2. The van der Waals surface area contributed by atoms with Crippen molar-refractivity contribution in [3.05, 3.63) is 35.5 Å². The molecule has 30 heavy (non-hydrogen) atoms. The quantitative estimate of drug-likeness (QED) is 0.606. The maximum Gasteiger partial charge on any atom is 0.337 e. The number of nitrogens with zero attached hydrogens (tertiary/aromatic N) is 2. The van der Waals surface area contributed by atoms with Crippen LogP contribution in [0.15, 0.2) is 40.4 Å². The van der Waals surface area contributed by atoms with Crippen molar-refractivity contribution in [2.75, 3.05) is 45.2 Å². The molecule has 1 amide bonds. The average molecular weight is 438 g/mol. The van der Waals surface area contributed by atoms with E-state index < -0.39 is 21.9 Å². The number of ether oxygens (including phenoxy) is 1. The van der Waals surface area contributed by atoms with Crippen LogP contribution < -0.4 is 5.32 Å². The van der Waals surface area contributed by atoms with E-state index in [0.717, 1.165) is 12.8 Å². The normalized spacial score (nSPS) is 20.6. The number of β-amino-alcohol motifs (C(OH)–C–C–N with tert-alkyl or cyclic N) is 1. The lowest BCUT2D eigenvalue weighted by Gasteiger charge is -2.30. The largest absolute Gasteiger partial charge is 0.466 e. The summed E-state index contributed by atoms with van der Waals surface area (Å²) in [7, 11) is -2.35. The highest BCUT2D eigenvalue weighted by molar-refractivity contribution is 7.89. The van der Waals surface area contributed by atoms with Crippen molar-refractivity contribution in [2.24, 2.45) is 5.92 Å². The van der Waals surface area contributed by atoms with Crippen LogP contribution >= 0.6 is 0 Å². The molecule has 1 aromatic carbocycles. The first-order valence-electron chi connectivity index (χ1n) is 9.86. The van der Waals surface area contributed by atoms with Crippen molar-refractivity contribution in [2.45, 2.75) is 24.7 Å². The molecule has 164 valence electrons. The summed E-state index contributed by atoms with van der Waals surface area (Å²) in [6.45, 7) is 2.96. The summed E-state index contributed by atoms with van der Waals surface area (Å²) in [5.41, 5.74) is 0.697. The number of methoxy groups -OCH3 is 1. The first kappa shape index (κ1) is 22.3. The molecule has 0 aromatic heterocycles. The molecule has 1 unspecified atom stereocenters. The van der Waals surface area contributed by atoms with Crippen LogP contribution in [-0.4, -0.2) is 74.5 Å². The van der Waals surface area contributed by atoms with E-state index in [-0.39, 0.29) is 35.9 Å². The van der Waals surface area contributed by atoms with Crippen molar-refractivity contribution < 1.29 is 27.9 Å². The van der Waals surface area contributed by atoms with Gasteiger partial charge in [0.2, 0.25) is 10.0 Å². The molecule has 2 N–H and O–H groups in total. The van der Waals surface area contributed by atoms with Gasteiger partial charge in [0.1, 0.15) is 5.70 Å². The van der Waals surface area contributed by atoms with Gasteiger partial charge in [0.05, 0.1) is 30.7 Å². The second kappa shape index (κ2) is 9.15. The lowest BCUT2D eigenvalue weighted by molar-refractivity contribution is -0.136. The lowest BCUT2D eigenvalue weighted by Crippen LogP contribution is -2.39. The second-order valence-electron chi connectivity index (χ2n) is 7.56. The maximum absolute atomic E-state index is 12.9. The van der Waals surface area contributed by atoms with Crippen LogP contribution in [0, 0.1) is 5.92 Å². The predicted octanol–water partition coefficient (Wildman–Crippen LogP) is 0.781. The zero-order valence-electron chi connectivity index (χ0n) is 17.1. The number of rotatable bonds is 7. The summed E-state index contributed by atoms with van der Waals surface area (Å²) in [4.78, 5) is 26.2. The molecule has 3 rings (SSSR count). The fourth-order valence-corrected chi connectivity index (χ4v) is 5.32. The van der Waals surface area contributed by atoms with Gasteiger partial charge in [-0.3, -0.25) is 4.79 Å². The highest BCUT2D eigenvalue weighted by Crippen LogP contribution is 2.26. The SMILES string of the molecule is COC(=O)C1=C(Nc2ccc(S(=O)(=O)N3CCCC(C)C3)cc2)C(=O)N(CCO)C1. The van der Waals surface area contributed by atoms with Gasteiger partial charge < -0.3 is 20.1 Å². The molecule has 0 saturated carbocycles. The Balaban J connectivity index is 1.80. The van der Waals surface area contributed by atoms with Crippen LogP contribution in [-0.2, 0) is 24.3 Å². The molecule has 0 spiro atoms. The Morgan fingerprint density at radius 2 is 2.00 bits per heavy atom. The zero-order valence-corrected chi connectivity index (χ0v) is 17.9. The number of hydrogen-bond acceptors (Lipinski definition) is 7. The van der Waals surface area contributed by atoms with Crippen LogP contribution in [0.3, 0.4) is 0 Å². The molecule has 0 aliphatic carbocycles. The maximum atomic E-state index is 12.9. The Hall–Kier alpha value is -2.43. The standard InChI is InChI=1S/C20H27N3O6S/c1-14-4-3-9-23(12-14)30(27,28)16-7-5-15(6-8-16)21-18-17(20(26)29-2)13-22(10-11-24)19(18)25/h5-8,14,21,24H,3-4,9-13H2,1-2H3. The molecule has 1 fully saturated rings. The topological polar surface area (TPSA) is 116 Å². The zero-order chi connectivity index (χ0) is 21.9. The molecule has 1 aromatic rings. The van der Waals surface area contributed by atoms with Gasteiger partial charge in [-0.15, -0.1) is 0 Å². The molecule has 0 radical (unpaired) electrons. The van der Waals surface area contributed by atoms with Gasteiger partial charge in [-0.1, -0.05) is 6.92 Å². The molecule has 1 atom stereocenters. The van der Waals surface area contributed by atoms with Gasteiger partial charge in [0.25, 0.3) is 5.91 Å². The Bertz CT molecular complexity index is 942. The van der Waals surface area contributed by atoms with Crippen LogP contribution in [0.4, 0.5) is 5.69 Å². The summed E-state index contributed by atoms with van der Waals surface area (Å²) < 4.78 is 32.0. The van der Waals surface area contributed by atoms with E-state index in [4.69, 9.17) is 9.84 Å². The van der Waals surface area contributed by atoms with E-state index in [1.165, 1.54) is 28.4 Å². The number of aliphatic hydroxyl groups is 1. The minimum Gasteiger partial charge on any atom is -0.466 e. The molecule has 10 heteroatoms. The first-order valence-corrected chi connectivity index (χ1v) is 11.3. The summed E-state index contributed by atoms with van der Waals surface area (Å²) in [6.07, 6.45) is 1.87. The average Bonchev–Trinajstić information content (AvgIpc) is 3.04. The van der Waals surface area contributed by atoms with Crippen molar-refractivity contribution in [1.29, 1.82) is 0 Å². The number of sulfonamides is 1. The highest BCUT2D eigenvalue weighted by atomic mass is 32.2. The summed E-state index contributed by atoms with van der Waals surface area (Å²) in [6, 6.07) is 6.09. The van der Waals surface area contributed by atoms with E-state index in [9.17, 15) is 18.0 Å². The minimum absolute atomic E-state index is 0.0357. The van der Waals surface area contributed by atoms with Gasteiger partial charge in [0, 0.05) is 25.3 Å². The van der Waals surface area contributed by atoms with Crippen molar-refractivity contribution in [1.82, 2.24) is 9.21 Å². The highest BCUT2D eigenvalue weighted by Gasteiger charge is 2.34. The lowest BCUT2D eigenvalue weighted by atomic mass is 10.0. The van der Waals surface area contributed by atoms with Crippen LogP contribution in [0.2, 0.25) is 0 Å². The van der Waals surface area contributed by atoms with Gasteiger partial charge >= 0.3 is 5.97 Å². The fraction of sp³-hybridized carbons (Fsp3) is 0.500. The van der Waals surface area contributed by atoms with E-state index in [2.05, 4.69) is 5.32 Å². The monoisotopic (exact) mass is 437 g/mol. The number of amides is 1. The number of esters is 1. The van der Waals surface area contributed by atoms with Gasteiger partial charge in [0.15, 0.2) is 0 Å². The molecule has 9 nitrogen and oxygen atoms in total. The number of aliphatic hydroxyl groups excluding tert-OH is 1. The van der Waals surface area contributed by atoms with Crippen LogP contribution in [0.25, 0.3) is 0 Å². The number of nitrogens with one attached hydrogen (secondary N) is 1. The Kier molecular flexibility index (Phi) is 6.79. The summed E-state index contributed by atoms with van der Waals surface area (Å²) in [5.74, 6) is -0.735. The number of piperidine rings is 1. The van der Waals surface area contributed by atoms with Gasteiger partial charge in [-0.05, 0) is 43.0 Å². The number of hydrogen-bond donors (Lipinski definition) is 2. The predicted molar refractivity (Wildman–Crippen MR) is 110 cm³/mol. The summed E-state index contributed by atoms with van der Waals surface area (Å²) >= 11 is 0.